The quantitative estimate of drug-likeness (QED) is 0.815. The van der Waals surface area contributed by atoms with Gasteiger partial charge in [-0.3, -0.25) is 4.79 Å². The van der Waals surface area contributed by atoms with Crippen LogP contribution in [0.1, 0.15) is 42.6 Å². The number of aromatic nitrogens is 2. The van der Waals surface area contributed by atoms with Crippen molar-refractivity contribution < 1.29 is 4.79 Å². The monoisotopic (exact) mass is 236 g/mol. The SMILES string of the molecule is Cn1cnc(C(=O)NC2(CN)CCCCC2)c1. The lowest BCUT2D eigenvalue weighted by molar-refractivity contribution is 0.0870. The Kier molecular flexibility index (Phi) is 3.47. The Bertz CT molecular complexity index is 393. The largest absolute Gasteiger partial charge is 0.344 e. The molecule has 1 aliphatic rings. The minimum absolute atomic E-state index is 0.113. The summed E-state index contributed by atoms with van der Waals surface area (Å²) < 4.78 is 1.77. The lowest BCUT2D eigenvalue weighted by Gasteiger charge is -2.36. The minimum Gasteiger partial charge on any atom is -0.344 e. The maximum absolute atomic E-state index is 12.0. The van der Waals surface area contributed by atoms with E-state index >= 15 is 0 Å². The third-order valence-corrected chi connectivity index (χ3v) is 3.52. The van der Waals surface area contributed by atoms with Gasteiger partial charge in [-0.25, -0.2) is 4.98 Å². The predicted octanol–water partition coefficient (Wildman–Crippen LogP) is 0.811. The van der Waals surface area contributed by atoms with E-state index in [-0.39, 0.29) is 11.4 Å². The molecule has 1 aliphatic carbocycles. The van der Waals surface area contributed by atoms with Crippen molar-refractivity contribution in [2.75, 3.05) is 6.54 Å². The molecule has 5 heteroatoms. The molecule has 17 heavy (non-hydrogen) atoms. The van der Waals surface area contributed by atoms with Gasteiger partial charge in [-0.2, -0.15) is 0 Å². The molecule has 5 nitrogen and oxygen atoms in total. The molecule has 1 heterocycles. The molecule has 0 radical (unpaired) electrons. The van der Waals surface area contributed by atoms with E-state index in [0.717, 1.165) is 25.7 Å². The summed E-state index contributed by atoms with van der Waals surface area (Å²) >= 11 is 0. The fourth-order valence-corrected chi connectivity index (χ4v) is 2.44. The highest BCUT2D eigenvalue weighted by molar-refractivity contribution is 5.92. The predicted molar refractivity (Wildman–Crippen MR) is 65.5 cm³/mol. The van der Waals surface area contributed by atoms with E-state index in [1.54, 1.807) is 17.1 Å². The zero-order valence-corrected chi connectivity index (χ0v) is 10.3. The average Bonchev–Trinajstić information content (AvgIpc) is 2.77. The van der Waals surface area contributed by atoms with Crippen LogP contribution in [0, 0.1) is 0 Å². The van der Waals surface area contributed by atoms with Crippen molar-refractivity contribution in [2.45, 2.75) is 37.6 Å². The molecule has 3 N–H and O–H groups in total. The molecule has 1 aromatic rings. The van der Waals surface area contributed by atoms with Crippen molar-refractivity contribution >= 4 is 5.91 Å². The number of nitrogens with one attached hydrogen (secondary N) is 1. The van der Waals surface area contributed by atoms with Crippen LogP contribution in [0.5, 0.6) is 0 Å². The summed E-state index contributed by atoms with van der Waals surface area (Å²) in [5, 5.41) is 3.07. The molecule has 0 aliphatic heterocycles. The molecular formula is C12H20N4O. The summed E-state index contributed by atoms with van der Waals surface area (Å²) in [6.45, 7) is 0.506. The van der Waals surface area contributed by atoms with Gasteiger partial charge >= 0.3 is 0 Å². The summed E-state index contributed by atoms with van der Waals surface area (Å²) in [5.41, 5.74) is 6.08. The molecule has 0 spiro atoms. The van der Waals surface area contributed by atoms with Gasteiger partial charge in [0, 0.05) is 19.8 Å². The number of hydrogen-bond donors (Lipinski definition) is 2. The Balaban J connectivity index is 2.05. The second kappa shape index (κ2) is 4.87. The molecule has 0 bridgehead atoms. The van der Waals surface area contributed by atoms with Crippen LogP contribution in [0.4, 0.5) is 0 Å². The van der Waals surface area contributed by atoms with Gasteiger partial charge in [-0.15, -0.1) is 0 Å². The molecule has 1 aromatic heterocycles. The molecule has 1 fully saturated rings. The number of imidazole rings is 1. The molecule has 0 atom stereocenters. The summed E-state index contributed by atoms with van der Waals surface area (Å²) in [6, 6.07) is 0. The molecule has 0 aromatic carbocycles. The Morgan fingerprint density at radius 1 is 1.53 bits per heavy atom. The van der Waals surface area contributed by atoms with Gasteiger partial charge in [0.15, 0.2) is 0 Å². The Morgan fingerprint density at radius 2 is 2.24 bits per heavy atom. The van der Waals surface area contributed by atoms with Crippen LogP contribution in [0.3, 0.4) is 0 Å². The maximum atomic E-state index is 12.0. The van der Waals surface area contributed by atoms with E-state index in [4.69, 9.17) is 5.73 Å². The Hall–Kier alpha value is -1.36. The van der Waals surface area contributed by atoms with E-state index in [1.165, 1.54) is 6.42 Å². The smallest absolute Gasteiger partial charge is 0.271 e. The number of hydrogen-bond acceptors (Lipinski definition) is 3. The molecule has 0 unspecified atom stereocenters. The van der Waals surface area contributed by atoms with E-state index in [9.17, 15) is 4.79 Å². The first kappa shape index (κ1) is 12.1. The number of nitrogens with zero attached hydrogens (tertiary/aromatic N) is 2. The molecule has 1 saturated carbocycles. The van der Waals surface area contributed by atoms with Crippen molar-refractivity contribution in [3.63, 3.8) is 0 Å². The fourth-order valence-electron chi connectivity index (χ4n) is 2.44. The van der Waals surface area contributed by atoms with Crippen LogP contribution >= 0.6 is 0 Å². The van der Waals surface area contributed by atoms with E-state index in [1.807, 2.05) is 7.05 Å². The second-order valence-electron chi connectivity index (χ2n) is 4.92. The van der Waals surface area contributed by atoms with Crippen LogP contribution in [0.15, 0.2) is 12.5 Å². The average molecular weight is 236 g/mol. The van der Waals surface area contributed by atoms with Crippen molar-refractivity contribution in [3.8, 4) is 0 Å². The highest BCUT2D eigenvalue weighted by Gasteiger charge is 2.32. The molecule has 1 amide bonds. The van der Waals surface area contributed by atoms with Crippen molar-refractivity contribution in [3.05, 3.63) is 18.2 Å². The number of nitrogens with two attached hydrogens (primary N) is 1. The minimum atomic E-state index is -0.215. The summed E-state index contributed by atoms with van der Waals surface area (Å²) in [4.78, 5) is 16.1. The highest BCUT2D eigenvalue weighted by Crippen LogP contribution is 2.27. The van der Waals surface area contributed by atoms with Crippen LogP contribution in [-0.2, 0) is 7.05 Å². The van der Waals surface area contributed by atoms with Crippen LogP contribution < -0.4 is 11.1 Å². The van der Waals surface area contributed by atoms with Gasteiger partial charge in [0.25, 0.3) is 5.91 Å². The van der Waals surface area contributed by atoms with Gasteiger partial charge in [0.1, 0.15) is 5.69 Å². The summed E-state index contributed by atoms with van der Waals surface area (Å²) in [6.07, 6.45) is 8.82. The van der Waals surface area contributed by atoms with Crippen molar-refractivity contribution in [1.82, 2.24) is 14.9 Å². The number of amides is 1. The van der Waals surface area contributed by atoms with Crippen LogP contribution in [0.2, 0.25) is 0 Å². The zero-order chi connectivity index (χ0) is 12.3. The standard InChI is InChI=1S/C12H20N4O/c1-16-7-10(14-9-16)11(17)15-12(8-13)5-3-2-4-6-12/h7,9H,2-6,8,13H2,1H3,(H,15,17). The zero-order valence-electron chi connectivity index (χ0n) is 10.3. The fraction of sp³-hybridized carbons (Fsp3) is 0.667. The third kappa shape index (κ3) is 2.66. The van der Waals surface area contributed by atoms with E-state index in [0.29, 0.717) is 12.2 Å². The normalized spacial score (nSPS) is 18.9. The van der Waals surface area contributed by atoms with Gasteiger partial charge in [0.05, 0.1) is 11.9 Å². The highest BCUT2D eigenvalue weighted by atomic mass is 16.2. The third-order valence-electron chi connectivity index (χ3n) is 3.52. The van der Waals surface area contributed by atoms with Gasteiger partial charge < -0.3 is 15.6 Å². The topological polar surface area (TPSA) is 72.9 Å². The number of aryl methyl sites for hydroxylation is 1. The first-order valence-electron chi connectivity index (χ1n) is 6.16. The van der Waals surface area contributed by atoms with Gasteiger partial charge in [0.2, 0.25) is 0 Å². The Morgan fingerprint density at radius 3 is 2.76 bits per heavy atom. The number of carbonyl (C=O) groups is 1. The second-order valence-corrected chi connectivity index (χ2v) is 4.92. The molecule has 0 saturated heterocycles. The van der Waals surface area contributed by atoms with Crippen LogP contribution in [0.25, 0.3) is 0 Å². The van der Waals surface area contributed by atoms with E-state index < -0.39 is 0 Å². The molecule has 94 valence electrons. The first-order valence-corrected chi connectivity index (χ1v) is 6.16. The van der Waals surface area contributed by atoms with Gasteiger partial charge in [-0.1, -0.05) is 19.3 Å². The number of carbonyl (C=O) groups excluding carboxylic acids is 1. The summed E-state index contributed by atoms with van der Waals surface area (Å²) in [7, 11) is 1.85. The Labute approximate surface area is 101 Å². The first-order chi connectivity index (χ1) is 8.15. The summed E-state index contributed by atoms with van der Waals surface area (Å²) in [5.74, 6) is -0.113. The lowest BCUT2D eigenvalue weighted by atomic mass is 9.81. The number of rotatable bonds is 3. The van der Waals surface area contributed by atoms with Crippen molar-refractivity contribution in [2.24, 2.45) is 12.8 Å². The van der Waals surface area contributed by atoms with Crippen LogP contribution in [-0.4, -0.2) is 27.5 Å². The maximum Gasteiger partial charge on any atom is 0.271 e. The van der Waals surface area contributed by atoms with Gasteiger partial charge in [-0.05, 0) is 12.8 Å². The molecule has 2 rings (SSSR count). The van der Waals surface area contributed by atoms with Crippen molar-refractivity contribution in [1.29, 1.82) is 0 Å². The molecular weight excluding hydrogens is 216 g/mol. The van der Waals surface area contributed by atoms with E-state index in [2.05, 4.69) is 10.3 Å². The lowest BCUT2D eigenvalue weighted by Crippen LogP contribution is -2.54.